The third-order valence-corrected chi connectivity index (χ3v) is 3.78. The number of anilines is 1. The zero-order valence-electron chi connectivity index (χ0n) is 11.8. The van der Waals surface area contributed by atoms with Crippen LogP contribution in [-0.2, 0) is 4.79 Å². The predicted octanol–water partition coefficient (Wildman–Crippen LogP) is 3.27. The summed E-state index contributed by atoms with van der Waals surface area (Å²) in [7, 11) is 0. The summed E-state index contributed by atoms with van der Waals surface area (Å²) in [5, 5.41) is 8.58. The Morgan fingerprint density at radius 2 is 1.84 bits per heavy atom. The van der Waals surface area contributed by atoms with Crippen LogP contribution in [0.5, 0.6) is 0 Å². The molecule has 102 valence electrons. The Morgan fingerprint density at radius 1 is 1.26 bits per heavy atom. The van der Waals surface area contributed by atoms with Crippen molar-refractivity contribution in [1.29, 1.82) is 0 Å². The number of carboxylic acid groups (broad SMARTS) is 1. The third kappa shape index (κ3) is 3.37. The summed E-state index contributed by atoms with van der Waals surface area (Å²) in [6.07, 6.45) is 2.77. The van der Waals surface area contributed by atoms with Crippen molar-refractivity contribution in [2.45, 2.75) is 20.8 Å². The summed E-state index contributed by atoms with van der Waals surface area (Å²) in [4.78, 5) is 12.8. The molecule has 0 amide bonds. The molecule has 1 fully saturated rings. The van der Waals surface area contributed by atoms with E-state index in [2.05, 4.69) is 37.8 Å². The fourth-order valence-corrected chi connectivity index (χ4v) is 2.20. The van der Waals surface area contributed by atoms with E-state index in [1.807, 2.05) is 12.1 Å². The highest BCUT2D eigenvalue weighted by molar-refractivity contribution is 5.85. The molecule has 19 heavy (non-hydrogen) atoms. The minimum atomic E-state index is -0.917. The third-order valence-electron chi connectivity index (χ3n) is 3.78. The maximum Gasteiger partial charge on any atom is 0.328 e. The van der Waals surface area contributed by atoms with E-state index in [1.165, 1.54) is 5.69 Å². The van der Waals surface area contributed by atoms with Gasteiger partial charge in [-0.05, 0) is 35.1 Å². The largest absolute Gasteiger partial charge is 0.478 e. The molecular weight excluding hydrogens is 238 g/mol. The molecular formula is C16H21NO2. The Balaban J connectivity index is 1.96. The molecule has 0 bridgehead atoms. The molecule has 0 radical (unpaired) electrons. The minimum Gasteiger partial charge on any atom is -0.478 e. The fraction of sp³-hybridized carbons (Fsp3) is 0.438. The molecule has 0 aromatic heterocycles. The van der Waals surface area contributed by atoms with Crippen molar-refractivity contribution in [2.75, 3.05) is 18.0 Å². The van der Waals surface area contributed by atoms with Crippen molar-refractivity contribution < 1.29 is 9.90 Å². The van der Waals surface area contributed by atoms with Gasteiger partial charge in [0.25, 0.3) is 0 Å². The van der Waals surface area contributed by atoms with Crippen LogP contribution in [0.4, 0.5) is 5.69 Å². The summed E-state index contributed by atoms with van der Waals surface area (Å²) in [5.41, 5.74) is 2.51. The van der Waals surface area contributed by atoms with E-state index in [0.717, 1.165) is 30.6 Å². The quantitative estimate of drug-likeness (QED) is 0.847. The zero-order valence-corrected chi connectivity index (χ0v) is 11.8. The average molecular weight is 259 g/mol. The van der Waals surface area contributed by atoms with Gasteiger partial charge in [0.2, 0.25) is 0 Å². The number of carboxylic acids is 1. The molecule has 3 heteroatoms. The molecule has 1 aliphatic rings. The van der Waals surface area contributed by atoms with Crippen molar-refractivity contribution >= 4 is 17.7 Å². The normalized spacial score (nSPS) is 16.7. The van der Waals surface area contributed by atoms with Gasteiger partial charge < -0.3 is 10.0 Å². The topological polar surface area (TPSA) is 40.5 Å². The second-order valence-electron chi connectivity index (χ2n) is 6.23. The van der Waals surface area contributed by atoms with Crippen LogP contribution < -0.4 is 4.90 Å². The molecule has 1 aromatic rings. The lowest BCUT2D eigenvalue weighted by atomic mass is 9.76. The second-order valence-corrected chi connectivity index (χ2v) is 6.23. The van der Waals surface area contributed by atoms with Crippen LogP contribution in [0.25, 0.3) is 6.08 Å². The molecule has 1 aliphatic heterocycles. The monoisotopic (exact) mass is 259 g/mol. The van der Waals surface area contributed by atoms with Gasteiger partial charge in [0.15, 0.2) is 0 Å². The van der Waals surface area contributed by atoms with Crippen molar-refractivity contribution in [3.63, 3.8) is 0 Å². The summed E-state index contributed by atoms with van der Waals surface area (Å²) in [5.74, 6) is -0.168. The molecule has 1 saturated heterocycles. The first-order chi connectivity index (χ1) is 8.86. The van der Waals surface area contributed by atoms with E-state index >= 15 is 0 Å². The van der Waals surface area contributed by atoms with Crippen LogP contribution >= 0.6 is 0 Å². The molecule has 0 aliphatic carbocycles. The molecule has 2 rings (SSSR count). The van der Waals surface area contributed by atoms with E-state index in [1.54, 1.807) is 6.08 Å². The van der Waals surface area contributed by atoms with E-state index in [-0.39, 0.29) is 0 Å². The van der Waals surface area contributed by atoms with Crippen molar-refractivity contribution in [3.8, 4) is 0 Å². The average Bonchev–Trinajstić information content (AvgIpc) is 2.24. The molecule has 0 spiro atoms. The number of rotatable bonds is 3. The predicted molar refractivity (Wildman–Crippen MR) is 78.3 cm³/mol. The van der Waals surface area contributed by atoms with Gasteiger partial charge in [-0.1, -0.05) is 32.9 Å². The van der Waals surface area contributed by atoms with E-state index in [4.69, 9.17) is 5.11 Å². The number of aliphatic carboxylic acids is 1. The van der Waals surface area contributed by atoms with Gasteiger partial charge in [-0.3, -0.25) is 0 Å². The minimum absolute atomic E-state index is 0.376. The van der Waals surface area contributed by atoms with Gasteiger partial charge >= 0.3 is 5.97 Å². The van der Waals surface area contributed by atoms with Gasteiger partial charge in [0.05, 0.1) is 0 Å². The molecule has 0 atom stereocenters. The fourth-order valence-electron chi connectivity index (χ4n) is 2.20. The maximum atomic E-state index is 10.4. The number of hydrogen-bond donors (Lipinski definition) is 1. The first kappa shape index (κ1) is 13.7. The Bertz CT molecular complexity index is 476. The highest BCUT2D eigenvalue weighted by Crippen LogP contribution is 2.36. The second kappa shape index (κ2) is 5.08. The van der Waals surface area contributed by atoms with Gasteiger partial charge in [0, 0.05) is 24.9 Å². The smallest absolute Gasteiger partial charge is 0.328 e. The zero-order chi connectivity index (χ0) is 14.0. The number of nitrogens with zero attached hydrogens (tertiary/aromatic N) is 1. The van der Waals surface area contributed by atoms with Gasteiger partial charge in [-0.2, -0.15) is 0 Å². The van der Waals surface area contributed by atoms with Gasteiger partial charge in [0.1, 0.15) is 0 Å². The van der Waals surface area contributed by atoms with Crippen molar-refractivity contribution in [2.24, 2.45) is 11.3 Å². The van der Waals surface area contributed by atoms with Gasteiger partial charge in [-0.25, -0.2) is 4.79 Å². The Morgan fingerprint density at radius 3 is 2.32 bits per heavy atom. The highest BCUT2D eigenvalue weighted by Gasteiger charge is 2.35. The molecule has 0 saturated carbocycles. The standard InChI is InChI=1S/C16H21NO2/c1-16(2,3)13-10-17(11-13)14-7-4-12(5-8-14)6-9-15(18)19/h4-9,13H,10-11H2,1-3H3,(H,18,19)/b9-6+. The van der Waals surface area contributed by atoms with Crippen LogP contribution in [0.3, 0.4) is 0 Å². The Kier molecular flexibility index (Phi) is 3.65. The van der Waals surface area contributed by atoms with Crippen LogP contribution in [0.15, 0.2) is 30.3 Å². The van der Waals surface area contributed by atoms with Crippen molar-refractivity contribution in [3.05, 3.63) is 35.9 Å². The molecule has 1 heterocycles. The Labute approximate surface area is 114 Å². The van der Waals surface area contributed by atoms with E-state index in [0.29, 0.717) is 5.41 Å². The van der Waals surface area contributed by atoms with E-state index < -0.39 is 5.97 Å². The molecule has 3 nitrogen and oxygen atoms in total. The highest BCUT2D eigenvalue weighted by atomic mass is 16.4. The number of carbonyl (C=O) groups is 1. The van der Waals surface area contributed by atoms with Crippen LogP contribution in [0.1, 0.15) is 26.3 Å². The first-order valence-corrected chi connectivity index (χ1v) is 6.62. The summed E-state index contributed by atoms with van der Waals surface area (Å²) in [6.45, 7) is 9.07. The van der Waals surface area contributed by atoms with Crippen molar-refractivity contribution in [1.82, 2.24) is 0 Å². The Hall–Kier alpha value is -1.77. The van der Waals surface area contributed by atoms with Crippen LogP contribution in [0.2, 0.25) is 0 Å². The summed E-state index contributed by atoms with van der Waals surface area (Å²) < 4.78 is 0. The SMILES string of the molecule is CC(C)(C)C1CN(c2ccc(/C=C/C(=O)O)cc2)C1. The number of benzene rings is 1. The lowest BCUT2D eigenvalue weighted by molar-refractivity contribution is -0.131. The van der Waals surface area contributed by atoms with Crippen LogP contribution in [-0.4, -0.2) is 24.2 Å². The molecule has 1 N–H and O–H groups in total. The molecule has 1 aromatic carbocycles. The van der Waals surface area contributed by atoms with E-state index in [9.17, 15) is 4.79 Å². The lowest BCUT2D eigenvalue weighted by Crippen LogP contribution is -2.52. The molecule has 0 unspecified atom stereocenters. The summed E-state index contributed by atoms with van der Waals surface area (Å²) >= 11 is 0. The maximum absolute atomic E-state index is 10.4. The van der Waals surface area contributed by atoms with Gasteiger partial charge in [-0.15, -0.1) is 0 Å². The summed E-state index contributed by atoms with van der Waals surface area (Å²) in [6, 6.07) is 8.03. The lowest BCUT2D eigenvalue weighted by Gasteiger charge is -2.47. The van der Waals surface area contributed by atoms with Crippen LogP contribution in [0, 0.1) is 11.3 Å². The first-order valence-electron chi connectivity index (χ1n) is 6.62. The number of hydrogen-bond acceptors (Lipinski definition) is 2.